The molecule has 0 spiro atoms. The topological polar surface area (TPSA) is 61.4 Å². The number of sulfonamides is 1. The van der Waals surface area contributed by atoms with Crippen molar-refractivity contribution in [2.75, 3.05) is 39.5 Å². The molecule has 0 fully saturated rings. The molecule has 0 aliphatic rings. The normalized spacial score (nSPS) is 14.2. The number of hydrogen-bond donors (Lipinski definition) is 2. The van der Waals surface area contributed by atoms with E-state index in [-0.39, 0.29) is 5.75 Å². The highest BCUT2D eigenvalue weighted by atomic mass is 32.2. The fourth-order valence-electron chi connectivity index (χ4n) is 1.42. The van der Waals surface area contributed by atoms with Crippen molar-refractivity contribution < 1.29 is 8.42 Å². The van der Waals surface area contributed by atoms with Crippen molar-refractivity contribution in [2.45, 2.75) is 32.7 Å². The van der Waals surface area contributed by atoms with Gasteiger partial charge in [-0.2, -0.15) is 0 Å². The molecule has 0 bridgehead atoms. The van der Waals surface area contributed by atoms with Gasteiger partial charge in [0.1, 0.15) is 0 Å². The summed E-state index contributed by atoms with van der Waals surface area (Å²) >= 11 is 0. The Balaban J connectivity index is 3.79. The molecule has 0 amide bonds. The molecule has 0 aromatic rings. The first-order chi connectivity index (χ1) is 7.93. The third-order valence-electron chi connectivity index (χ3n) is 2.97. The lowest BCUT2D eigenvalue weighted by Crippen LogP contribution is -2.38. The zero-order chi connectivity index (χ0) is 13.3. The lowest BCUT2D eigenvalue weighted by Gasteiger charge is -2.23. The number of nitrogens with zero attached hydrogens (tertiary/aromatic N) is 1. The molecule has 0 rings (SSSR count). The van der Waals surface area contributed by atoms with Gasteiger partial charge in [0.25, 0.3) is 0 Å². The van der Waals surface area contributed by atoms with Crippen LogP contribution >= 0.6 is 0 Å². The molecule has 6 heteroatoms. The van der Waals surface area contributed by atoms with Gasteiger partial charge in [0.15, 0.2) is 0 Å². The highest BCUT2D eigenvalue weighted by Gasteiger charge is 2.11. The van der Waals surface area contributed by atoms with E-state index >= 15 is 0 Å². The van der Waals surface area contributed by atoms with E-state index in [1.54, 1.807) is 0 Å². The molecule has 104 valence electrons. The molecule has 0 heterocycles. The van der Waals surface area contributed by atoms with Crippen LogP contribution in [0.1, 0.15) is 26.7 Å². The summed E-state index contributed by atoms with van der Waals surface area (Å²) in [6.45, 7) is 6.24. The average molecular weight is 265 g/mol. The lowest BCUT2D eigenvalue weighted by atomic mass is 10.2. The van der Waals surface area contributed by atoms with Gasteiger partial charge in [-0.1, -0.05) is 6.92 Å². The monoisotopic (exact) mass is 265 g/mol. The largest absolute Gasteiger partial charge is 0.320 e. The minimum Gasteiger partial charge on any atom is -0.320 e. The maximum absolute atomic E-state index is 11.6. The average Bonchev–Trinajstić information content (AvgIpc) is 2.27. The number of likely N-dealkylation sites (N-methyl/N-ethyl adjacent to an activating group) is 1. The molecular weight excluding hydrogens is 238 g/mol. The second kappa shape index (κ2) is 8.85. The fourth-order valence-corrected chi connectivity index (χ4v) is 2.49. The van der Waals surface area contributed by atoms with Gasteiger partial charge in [-0.25, -0.2) is 13.1 Å². The molecule has 0 saturated heterocycles. The first-order valence-electron chi connectivity index (χ1n) is 6.25. The minimum atomic E-state index is -3.10. The Labute approximate surface area is 106 Å². The van der Waals surface area contributed by atoms with Gasteiger partial charge in [0.05, 0.1) is 5.75 Å². The van der Waals surface area contributed by atoms with Crippen molar-refractivity contribution >= 4 is 10.0 Å². The van der Waals surface area contributed by atoms with Gasteiger partial charge in [-0.05, 0) is 40.4 Å². The zero-order valence-electron chi connectivity index (χ0n) is 11.5. The van der Waals surface area contributed by atoms with Crippen molar-refractivity contribution in [3.8, 4) is 0 Å². The van der Waals surface area contributed by atoms with Gasteiger partial charge in [-0.15, -0.1) is 0 Å². The summed E-state index contributed by atoms with van der Waals surface area (Å²) in [6, 6.07) is 0.490. The molecule has 0 saturated carbocycles. The van der Waals surface area contributed by atoms with Gasteiger partial charge >= 0.3 is 0 Å². The Hall–Kier alpha value is -0.170. The van der Waals surface area contributed by atoms with Crippen LogP contribution in [0.3, 0.4) is 0 Å². The van der Waals surface area contributed by atoms with Crippen LogP contribution in [-0.2, 0) is 10.0 Å². The van der Waals surface area contributed by atoms with Crippen molar-refractivity contribution in [2.24, 2.45) is 0 Å². The van der Waals surface area contributed by atoms with Gasteiger partial charge in [0, 0.05) is 19.1 Å². The molecule has 17 heavy (non-hydrogen) atoms. The Morgan fingerprint density at radius 1 is 1.29 bits per heavy atom. The zero-order valence-corrected chi connectivity index (χ0v) is 12.3. The van der Waals surface area contributed by atoms with E-state index in [1.807, 2.05) is 14.1 Å². The molecule has 0 aromatic heterocycles. The van der Waals surface area contributed by atoms with Crippen LogP contribution in [0.5, 0.6) is 0 Å². The van der Waals surface area contributed by atoms with Crippen LogP contribution < -0.4 is 10.0 Å². The van der Waals surface area contributed by atoms with Gasteiger partial charge < -0.3 is 10.2 Å². The number of rotatable bonds is 10. The Morgan fingerprint density at radius 3 is 2.47 bits per heavy atom. The third kappa shape index (κ3) is 8.54. The van der Waals surface area contributed by atoms with Crippen LogP contribution in [0.4, 0.5) is 0 Å². The third-order valence-corrected chi connectivity index (χ3v) is 4.44. The predicted octanol–water partition coefficient (Wildman–Crippen LogP) is 0.246. The molecule has 2 N–H and O–H groups in total. The maximum Gasteiger partial charge on any atom is 0.211 e. The van der Waals surface area contributed by atoms with Gasteiger partial charge in [0.2, 0.25) is 10.0 Å². The smallest absolute Gasteiger partial charge is 0.211 e. The van der Waals surface area contributed by atoms with Crippen molar-refractivity contribution in [1.82, 2.24) is 14.9 Å². The van der Waals surface area contributed by atoms with E-state index in [0.29, 0.717) is 19.0 Å². The number of hydrogen-bond acceptors (Lipinski definition) is 4. The first-order valence-corrected chi connectivity index (χ1v) is 7.90. The summed E-state index contributed by atoms with van der Waals surface area (Å²) in [4.78, 5) is 2.16. The first kappa shape index (κ1) is 16.8. The molecule has 0 aliphatic carbocycles. The lowest BCUT2D eigenvalue weighted by molar-refractivity contribution is 0.256. The van der Waals surface area contributed by atoms with E-state index in [2.05, 4.69) is 28.8 Å². The van der Waals surface area contributed by atoms with E-state index in [0.717, 1.165) is 19.5 Å². The quantitative estimate of drug-likeness (QED) is 0.556. The van der Waals surface area contributed by atoms with E-state index < -0.39 is 10.0 Å². The van der Waals surface area contributed by atoms with Crippen molar-refractivity contribution in [3.63, 3.8) is 0 Å². The second-order valence-corrected chi connectivity index (χ2v) is 6.33. The maximum atomic E-state index is 11.6. The molecule has 5 nitrogen and oxygen atoms in total. The fraction of sp³-hybridized carbons (Fsp3) is 1.00. The second-order valence-electron chi connectivity index (χ2n) is 4.41. The summed E-state index contributed by atoms with van der Waals surface area (Å²) < 4.78 is 25.8. The molecular formula is C11H27N3O2S. The number of nitrogens with one attached hydrogen (secondary N) is 2. The molecule has 0 aliphatic heterocycles. The van der Waals surface area contributed by atoms with Crippen LogP contribution in [0, 0.1) is 0 Å². The predicted molar refractivity (Wildman–Crippen MR) is 72.7 cm³/mol. The molecule has 0 radical (unpaired) electrons. The van der Waals surface area contributed by atoms with Crippen LogP contribution in [0.2, 0.25) is 0 Å². The Kier molecular flexibility index (Phi) is 8.77. The SMILES string of the molecule is CCC(C)N(C)CCNS(=O)(=O)CCCNC. The van der Waals surface area contributed by atoms with E-state index in [9.17, 15) is 8.42 Å². The van der Waals surface area contributed by atoms with E-state index in [1.165, 1.54) is 0 Å². The summed E-state index contributed by atoms with van der Waals surface area (Å²) in [7, 11) is 0.739. The van der Waals surface area contributed by atoms with Crippen molar-refractivity contribution in [3.05, 3.63) is 0 Å². The highest BCUT2D eigenvalue weighted by molar-refractivity contribution is 7.89. The summed E-state index contributed by atoms with van der Waals surface area (Å²) in [5, 5.41) is 2.94. The van der Waals surface area contributed by atoms with Crippen LogP contribution in [0.25, 0.3) is 0 Å². The summed E-state index contributed by atoms with van der Waals surface area (Å²) in [5.41, 5.74) is 0. The standard InChI is InChI=1S/C11H27N3O2S/c1-5-11(2)14(4)9-8-13-17(15,16)10-6-7-12-3/h11-13H,5-10H2,1-4H3. The van der Waals surface area contributed by atoms with Crippen LogP contribution in [-0.4, -0.2) is 58.8 Å². The molecule has 1 unspecified atom stereocenters. The van der Waals surface area contributed by atoms with Crippen LogP contribution in [0.15, 0.2) is 0 Å². The summed E-state index contributed by atoms with van der Waals surface area (Å²) in [6.07, 6.45) is 1.72. The van der Waals surface area contributed by atoms with Gasteiger partial charge in [-0.3, -0.25) is 0 Å². The van der Waals surface area contributed by atoms with Crippen molar-refractivity contribution in [1.29, 1.82) is 0 Å². The molecule has 0 aromatic carbocycles. The minimum absolute atomic E-state index is 0.195. The van der Waals surface area contributed by atoms with E-state index in [4.69, 9.17) is 0 Å². The summed E-state index contributed by atoms with van der Waals surface area (Å²) in [5.74, 6) is 0.195. The Bertz CT molecular complexity index is 280. The Morgan fingerprint density at radius 2 is 1.94 bits per heavy atom. The highest BCUT2D eigenvalue weighted by Crippen LogP contribution is 1.98. The molecule has 1 atom stereocenters.